The van der Waals surface area contributed by atoms with Gasteiger partial charge in [0.25, 0.3) is 5.91 Å². The smallest absolute Gasteiger partial charge is 0.404 e. The Kier molecular flexibility index (Phi) is 4.59. The van der Waals surface area contributed by atoms with E-state index in [1.165, 1.54) is 18.2 Å². The lowest BCUT2D eigenvalue weighted by atomic mass is 10.2. The molecule has 0 saturated heterocycles. The van der Waals surface area contributed by atoms with Crippen LogP contribution >= 0.6 is 11.6 Å². The number of nitrogens with two attached hydrogens (primary N) is 2. The van der Waals surface area contributed by atoms with Crippen LogP contribution in [0.15, 0.2) is 18.2 Å². The van der Waals surface area contributed by atoms with Crippen LogP contribution in [0.1, 0.15) is 10.4 Å². The average Bonchev–Trinajstić information content (AvgIpc) is 2.22. The molecule has 0 aliphatic rings. The number of benzene rings is 1. The first kappa shape index (κ1) is 13.1. The van der Waals surface area contributed by atoms with Crippen molar-refractivity contribution in [3.05, 3.63) is 28.8 Å². The molecule has 0 aliphatic carbocycles. The van der Waals surface area contributed by atoms with Gasteiger partial charge in [0.15, 0.2) is 0 Å². The zero-order valence-electron chi connectivity index (χ0n) is 8.90. The molecule has 6 nitrogen and oxygen atoms in total. The highest BCUT2D eigenvalue weighted by Gasteiger charge is 2.07. The van der Waals surface area contributed by atoms with E-state index in [0.717, 1.165) is 0 Å². The largest absolute Gasteiger partial charge is 0.448 e. The van der Waals surface area contributed by atoms with Gasteiger partial charge in [0, 0.05) is 16.3 Å². The summed E-state index contributed by atoms with van der Waals surface area (Å²) in [7, 11) is 0. The van der Waals surface area contributed by atoms with E-state index in [2.05, 4.69) is 10.1 Å². The fraction of sp³-hybridized carbons (Fsp3) is 0.200. The normalized spacial score (nSPS) is 9.71. The van der Waals surface area contributed by atoms with Crippen LogP contribution < -0.4 is 16.8 Å². The molecule has 1 aromatic rings. The number of halogens is 1. The predicted molar refractivity (Wildman–Crippen MR) is 63.7 cm³/mol. The molecule has 0 bridgehead atoms. The van der Waals surface area contributed by atoms with Crippen molar-refractivity contribution in [3.63, 3.8) is 0 Å². The summed E-state index contributed by atoms with van der Waals surface area (Å²) >= 11 is 5.75. The van der Waals surface area contributed by atoms with Crippen LogP contribution in [0.5, 0.6) is 0 Å². The number of primary amides is 1. The molecule has 0 aliphatic heterocycles. The number of nitrogen functional groups attached to an aromatic ring is 1. The number of hydrogen-bond donors (Lipinski definition) is 3. The SMILES string of the molecule is NC(=O)OCCNC(=O)c1cc(N)cc(Cl)c1. The molecular formula is C10H12ClN3O3. The van der Waals surface area contributed by atoms with Crippen molar-refractivity contribution < 1.29 is 14.3 Å². The maximum absolute atomic E-state index is 11.6. The Bertz CT molecular complexity index is 417. The third kappa shape index (κ3) is 4.60. The van der Waals surface area contributed by atoms with E-state index in [-0.39, 0.29) is 19.1 Å². The summed E-state index contributed by atoms with van der Waals surface area (Å²) in [4.78, 5) is 21.9. The summed E-state index contributed by atoms with van der Waals surface area (Å²) in [5, 5.41) is 2.90. The van der Waals surface area contributed by atoms with Gasteiger partial charge in [-0.1, -0.05) is 11.6 Å². The van der Waals surface area contributed by atoms with E-state index in [9.17, 15) is 9.59 Å². The summed E-state index contributed by atoms with van der Waals surface area (Å²) in [6, 6.07) is 4.52. The third-order valence-corrected chi connectivity index (χ3v) is 2.03. The number of anilines is 1. The van der Waals surface area contributed by atoms with Crippen LogP contribution in [0.3, 0.4) is 0 Å². The molecule has 0 atom stereocenters. The average molecular weight is 258 g/mol. The standard InChI is InChI=1S/C10H12ClN3O3/c11-7-3-6(4-8(12)5-7)9(15)14-1-2-17-10(13)16/h3-5H,1-2,12H2,(H2,13,16)(H,14,15). The van der Waals surface area contributed by atoms with Crippen LogP contribution in [0, 0.1) is 0 Å². The van der Waals surface area contributed by atoms with Crippen LogP contribution in [0.25, 0.3) is 0 Å². The lowest BCUT2D eigenvalue weighted by molar-refractivity contribution is 0.0937. The van der Waals surface area contributed by atoms with Gasteiger partial charge in [-0.25, -0.2) is 4.79 Å². The minimum atomic E-state index is -0.883. The Morgan fingerprint density at radius 3 is 2.65 bits per heavy atom. The molecule has 0 fully saturated rings. The summed E-state index contributed by atoms with van der Waals surface area (Å²) in [5.74, 6) is -0.354. The van der Waals surface area contributed by atoms with Crippen molar-refractivity contribution in [2.24, 2.45) is 5.73 Å². The predicted octanol–water partition coefficient (Wildman–Crippen LogP) is 0.747. The molecule has 0 aromatic heterocycles. The second kappa shape index (κ2) is 5.95. The molecule has 7 heteroatoms. The molecule has 0 unspecified atom stereocenters. The highest BCUT2D eigenvalue weighted by molar-refractivity contribution is 6.31. The number of ether oxygens (including phenoxy) is 1. The van der Waals surface area contributed by atoms with Crippen LogP contribution in [0.4, 0.5) is 10.5 Å². The molecule has 92 valence electrons. The fourth-order valence-corrected chi connectivity index (χ4v) is 1.41. The van der Waals surface area contributed by atoms with Gasteiger partial charge in [0.1, 0.15) is 6.61 Å². The first-order valence-corrected chi connectivity index (χ1v) is 5.13. The Labute approximate surface area is 103 Å². The Hall–Kier alpha value is -1.95. The van der Waals surface area contributed by atoms with E-state index in [1.807, 2.05) is 0 Å². The maximum atomic E-state index is 11.6. The molecule has 1 aromatic carbocycles. The van der Waals surface area contributed by atoms with Crippen molar-refractivity contribution in [2.75, 3.05) is 18.9 Å². The van der Waals surface area contributed by atoms with Crippen molar-refractivity contribution >= 4 is 29.3 Å². The second-order valence-electron chi connectivity index (χ2n) is 3.20. The monoisotopic (exact) mass is 257 g/mol. The van der Waals surface area contributed by atoms with Gasteiger partial charge in [-0.05, 0) is 18.2 Å². The number of rotatable bonds is 4. The van der Waals surface area contributed by atoms with Gasteiger partial charge in [-0.15, -0.1) is 0 Å². The summed E-state index contributed by atoms with van der Waals surface area (Å²) in [6.07, 6.45) is -0.883. The topological polar surface area (TPSA) is 107 Å². The van der Waals surface area contributed by atoms with E-state index in [1.54, 1.807) is 0 Å². The van der Waals surface area contributed by atoms with Crippen molar-refractivity contribution in [2.45, 2.75) is 0 Å². The molecule has 2 amide bonds. The summed E-state index contributed by atoms with van der Waals surface area (Å²) in [5.41, 5.74) is 11.0. The molecule has 0 saturated carbocycles. The molecule has 0 radical (unpaired) electrons. The zero-order valence-corrected chi connectivity index (χ0v) is 9.66. The van der Waals surface area contributed by atoms with Crippen LogP contribution in [-0.4, -0.2) is 25.2 Å². The van der Waals surface area contributed by atoms with E-state index < -0.39 is 6.09 Å². The summed E-state index contributed by atoms with van der Waals surface area (Å²) < 4.78 is 4.45. The lowest BCUT2D eigenvalue weighted by Gasteiger charge is -2.06. The highest BCUT2D eigenvalue weighted by atomic mass is 35.5. The summed E-state index contributed by atoms with van der Waals surface area (Å²) in [6.45, 7) is 0.172. The number of nitrogens with one attached hydrogen (secondary N) is 1. The molecule has 0 spiro atoms. The van der Waals surface area contributed by atoms with Crippen LogP contribution in [-0.2, 0) is 4.74 Å². The van der Waals surface area contributed by atoms with Crippen LogP contribution in [0.2, 0.25) is 5.02 Å². The first-order valence-electron chi connectivity index (χ1n) is 4.75. The van der Waals surface area contributed by atoms with E-state index in [4.69, 9.17) is 23.1 Å². The van der Waals surface area contributed by atoms with Crippen molar-refractivity contribution in [3.8, 4) is 0 Å². The van der Waals surface area contributed by atoms with Gasteiger partial charge in [-0.3, -0.25) is 4.79 Å². The number of carbonyl (C=O) groups is 2. The number of amides is 2. The van der Waals surface area contributed by atoms with Gasteiger partial charge in [-0.2, -0.15) is 0 Å². The Morgan fingerprint density at radius 1 is 1.35 bits per heavy atom. The number of carbonyl (C=O) groups excluding carboxylic acids is 2. The Balaban J connectivity index is 2.49. The molecular weight excluding hydrogens is 246 g/mol. The maximum Gasteiger partial charge on any atom is 0.404 e. The van der Waals surface area contributed by atoms with Crippen molar-refractivity contribution in [1.29, 1.82) is 0 Å². The van der Waals surface area contributed by atoms with Crippen molar-refractivity contribution in [1.82, 2.24) is 5.32 Å². The molecule has 17 heavy (non-hydrogen) atoms. The Morgan fingerprint density at radius 2 is 2.06 bits per heavy atom. The van der Waals surface area contributed by atoms with Gasteiger partial charge < -0.3 is 21.5 Å². The van der Waals surface area contributed by atoms with Gasteiger partial charge in [0.05, 0.1) is 6.54 Å². The second-order valence-corrected chi connectivity index (χ2v) is 3.63. The minimum absolute atomic E-state index is 0.0110. The lowest BCUT2D eigenvalue weighted by Crippen LogP contribution is -2.29. The third-order valence-electron chi connectivity index (χ3n) is 1.81. The van der Waals surface area contributed by atoms with Gasteiger partial charge in [0.2, 0.25) is 0 Å². The molecule has 1 rings (SSSR count). The first-order chi connectivity index (χ1) is 7.99. The minimum Gasteiger partial charge on any atom is -0.448 e. The van der Waals surface area contributed by atoms with E-state index >= 15 is 0 Å². The zero-order chi connectivity index (χ0) is 12.8. The highest BCUT2D eigenvalue weighted by Crippen LogP contribution is 2.16. The quantitative estimate of drug-likeness (QED) is 0.546. The number of hydrogen-bond acceptors (Lipinski definition) is 4. The van der Waals surface area contributed by atoms with Gasteiger partial charge >= 0.3 is 6.09 Å². The van der Waals surface area contributed by atoms with E-state index in [0.29, 0.717) is 16.3 Å². The fourth-order valence-electron chi connectivity index (χ4n) is 1.16. The molecule has 5 N–H and O–H groups in total. The molecule has 0 heterocycles.